The molecule has 2 rings (SSSR count). The van der Waals surface area contributed by atoms with Crippen LogP contribution in [0.5, 0.6) is 0 Å². The number of amides is 3. The van der Waals surface area contributed by atoms with Crippen LogP contribution < -0.4 is 10.6 Å². The Hall–Kier alpha value is -1.43. The van der Waals surface area contributed by atoms with Crippen molar-refractivity contribution in [2.75, 3.05) is 32.1 Å². The van der Waals surface area contributed by atoms with E-state index >= 15 is 0 Å². The number of unbranched alkanes of at least 4 members (excludes halogenated alkanes) is 6. The van der Waals surface area contributed by atoms with Gasteiger partial charge in [-0.1, -0.05) is 72.9 Å². The van der Waals surface area contributed by atoms with Crippen LogP contribution in [0.4, 0.5) is 0 Å². The maximum Gasteiger partial charge on any atom is 0.252 e. The van der Waals surface area contributed by atoms with Gasteiger partial charge in [0.05, 0.1) is 10.5 Å². The summed E-state index contributed by atoms with van der Waals surface area (Å²) < 4.78 is 0.952. The number of thiol groups is 1. The van der Waals surface area contributed by atoms with Crippen LogP contribution in [-0.4, -0.2) is 81.9 Å². The van der Waals surface area contributed by atoms with Gasteiger partial charge in [0.15, 0.2) is 0 Å². The van der Waals surface area contributed by atoms with Gasteiger partial charge in [-0.15, -0.1) is 11.8 Å². The Bertz CT molecular complexity index is 859. The van der Waals surface area contributed by atoms with Crippen molar-refractivity contribution in [2.45, 2.75) is 135 Å². The minimum atomic E-state index is -0.231. The first-order valence-corrected chi connectivity index (χ1v) is 19.4. The quantitative estimate of drug-likeness (QED) is 0.0497. The van der Waals surface area contributed by atoms with Crippen molar-refractivity contribution in [1.29, 1.82) is 0 Å². The molecule has 3 amide bonds. The average Bonchev–Trinajstić information content (AvgIpc) is 3.43. The van der Waals surface area contributed by atoms with Crippen molar-refractivity contribution in [2.24, 2.45) is 0 Å². The summed E-state index contributed by atoms with van der Waals surface area (Å²) in [4.78, 5) is 46.3. The van der Waals surface area contributed by atoms with Gasteiger partial charge in [0, 0.05) is 43.7 Å². The number of nitrogens with zero attached hydrogens (tertiary/aromatic N) is 2. The van der Waals surface area contributed by atoms with Crippen molar-refractivity contribution in [3.63, 3.8) is 0 Å². The number of carbonyl (C=O) groups is 4. The number of likely N-dealkylation sites (tertiary alicyclic amines) is 1. The Morgan fingerprint density at radius 1 is 0.933 bits per heavy atom. The van der Waals surface area contributed by atoms with Crippen LogP contribution in [0.15, 0.2) is 24.6 Å². The number of hydrogen-bond donors (Lipinski definition) is 3. The molecule has 0 bridgehead atoms. The van der Waals surface area contributed by atoms with E-state index in [1.165, 1.54) is 19.3 Å². The van der Waals surface area contributed by atoms with E-state index in [0.717, 1.165) is 85.0 Å². The third-order valence-corrected chi connectivity index (χ3v) is 10.2. The number of carbonyl (C=O) groups excluding carboxylic acids is 4. The van der Waals surface area contributed by atoms with Crippen molar-refractivity contribution in [3.8, 4) is 0 Å². The lowest BCUT2D eigenvalue weighted by molar-refractivity contribution is -0.131. The van der Waals surface area contributed by atoms with Gasteiger partial charge in [-0.2, -0.15) is 11.8 Å². The molecule has 45 heavy (non-hydrogen) atoms. The molecule has 0 aromatic carbocycles. The fraction of sp³-hybridized carbons (Fsp3) is 0.765. The van der Waals surface area contributed by atoms with E-state index in [9.17, 15) is 19.2 Å². The van der Waals surface area contributed by atoms with Crippen molar-refractivity contribution in [3.05, 3.63) is 24.6 Å². The first-order valence-electron chi connectivity index (χ1n) is 16.9. The first-order chi connectivity index (χ1) is 21.6. The topological polar surface area (TPSA) is 98.8 Å². The molecule has 3 unspecified atom stereocenters. The largest absolute Gasteiger partial charge is 0.386 e. The number of aldehydes is 1. The second-order valence-corrected chi connectivity index (χ2v) is 13.7. The minimum absolute atomic E-state index is 0.167. The number of hydrogen-bond acceptors (Lipinski definition) is 9. The lowest BCUT2D eigenvalue weighted by Gasteiger charge is -2.17. The Labute approximate surface area is 289 Å². The van der Waals surface area contributed by atoms with E-state index in [2.05, 4.69) is 43.5 Å². The summed E-state index contributed by atoms with van der Waals surface area (Å²) in [6.45, 7) is 19.4. The molecule has 11 heteroatoms. The maximum atomic E-state index is 11.7. The molecular weight excluding hydrogens is 625 g/mol. The monoisotopic (exact) mass is 688 g/mol. The fourth-order valence-corrected chi connectivity index (χ4v) is 7.22. The van der Waals surface area contributed by atoms with Gasteiger partial charge in [-0.05, 0) is 77.0 Å². The van der Waals surface area contributed by atoms with Gasteiger partial charge in [0.1, 0.15) is 6.29 Å². The average molecular weight is 689 g/mol. The molecule has 8 nitrogen and oxygen atoms in total. The van der Waals surface area contributed by atoms with Crippen molar-refractivity contribution >= 4 is 60.3 Å². The molecule has 0 aliphatic carbocycles. The van der Waals surface area contributed by atoms with Crippen LogP contribution >= 0.6 is 36.3 Å². The summed E-state index contributed by atoms with van der Waals surface area (Å²) in [6, 6.07) is 0.481. The molecule has 2 saturated heterocycles. The Kier molecular flexibility index (Phi) is 30.4. The molecule has 2 aliphatic heterocycles. The van der Waals surface area contributed by atoms with E-state index in [1.54, 1.807) is 23.7 Å². The third kappa shape index (κ3) is 21.1. The second kappa shape index (κ2) is 29.9. The number of thioether (sulfide) groups is 2. The Balaban J connectivity index is 0. The van der Waals surface area contributed by atoms with Crippen LogP contribution in [0, 0.1) is 0 Å². The lowest BCUT2D eigenvalue weighted by atomic mass is 10.1. The minimum Gasteiger partial charge on any atom is -0.386 e. The first kappa shape index (κ1) is 45.7. The summed E-state index contributed by atoms with van der Waals surface area (Å²) in [7, 11) is 3.78. The van der Waals surface area contributed by atoms with E-state index < -0.39 is 0 Å². The molecule has 0 aromatic heterocycles. The molecule has 262 valence electrons. The molecule has 2 fully saturated rings. The fourth-order valence-electron chi connectivity index (χ4n) is 4.49. The van der Waals surface area contributed by atoms with Crippen LogP contribution in [0.25, 0.3) is 0 Å². The normalized spacial score (nSPS) is 18.0. The SMILES string of the molecule is C=C(CCCCCSC1CC(=O)N(S)C1=O)NC(C)CCCCNC.C=C1C(SCCCCCC=O)CC(=O)N1C.CC.CC. The second-order valence-electron chi connectivity index (χ2n) is 10.7. The standard InChI is InChI=1S/C18H33N3O2S2.C12H19NO2S.2C2H6/c1-14(20-15(2)10-6-7-11-19-3)9-5-4-8-12-25-16-13-17(22)21(24)18(16)23;1-10-11(9-12(15)13(10)2)16-8-6-4-3-5-7-14;2*1-2/h15-16,19-20,24H,1,4-13H2,2-3H3;7,11H,1,3-6,8-9H2,2H3;2*1-2H3. The summed E-state index contributed by atoms with van der Waals surface area (Å²) in [5, 5.41) is 6.70. The summed E-state index contributed by atoms with van der Waals surface area (Å²) in [6.07, 6.45) is 13.6. The number of rotatable bonds is 21. The maximum absolute atomic E-state index is 11.7. The summed E-state index contributed by atoms with van der Waals surface area (Å²) in [5.74, 6) is 1.77. The highest BCUT2D eigenvalue weighted by Gasteiger charge is 2.37. The zero-order chi connectivity index (χ0) is 34.6. The predicted molar refractivity (Wildman–Crippen MR) is 200 cm³/mol. The van der Waals surface area contributed by atoms with E-state index in [0.29, 0.717) is 25.3 Å². The van der Waals surface area contributed by atoms with Gasteiger partial charge < -0.3 is 20.3 Å². The van der Waals surface area contributed by atoms with E-state index in [1.807, 2.05) is 46.5 Å². The van der Waals surface area contributed by atoms with Crippen molar-refractivity contribution < 1.29 is 19.2 Å². The number of nitrogens with one attached hydrogen (secondary N) is 2. The molecule has 0 radical (unpaired) electrons. The summed E-state index contributed by atoms with van der Waals surface area (Å²) in [5.41, 5.74) is 2.05. The molecule has 2 heterocycles. The third-order valence-electron chi connectivity index (χ3n) is 7.11. The molecule has 2 N–H and O–H groups in total. The molecule has 0 spiro atoms. The molecule has 2 aliphatic rings. The van der Waals surface area contributed by atoms with Crippen LogP contribution in [0.1, 0.15) is 118 Å². The van der Waals surface area contributed by atoms with Crippen LogP contribution in [-0.2, 0) is 19.2 Å². The molecule has 3 atom stereocenters. The Morgan fingerprint density at radius 3 is 2.02 bits per heavy atom. The van der Waals surface area contributed by atoms with Gasteiger partial charge >= 0.3 is 0 Å². The highest BCUT2D eigenvalue weighted by Crippen LogP contribution is 2.31. The smallest absolute Gasteiger partial charge is 0.252 e. The van der Waals surface area contributed by atoms with Crippen LogP contribution in [0.3, 0.4) is 0 Å². The zero-order valence-electron chi connectivity index (χ0n) is 29.3. The molecule has 0 aromatic rings. The molecule has 0 saturated carbocycles. The van der Waals surface area contributed by atoms with Gasteiger partial charge in [-0.3, -0.25) is 14.4 Å². The Morgan fingerprint density at radius 2 is 1.51 bits per heavy atom. The highest BCUT2D eigenvalue weighted by molar-refractivity contribution is 8.00. The van der Waals surface area contributed by atoms with Gasteiger partial charge in [-0.25, -0.2) is 4.31 Å². The highest BCUT2D eigenvalue weighted by atomic mass is 32.2. The predicted octanol–water partition coefficient (Wildman–Crippen LogP) is 7.41. The van der Waals surface area contributed by atoms with Crippen molar-refractivity contribution in [1.82, 2.24) is 19.8 Å². The summed E-state index contributed by atoms with van der Waals surface area (Å²) >= 11 is 7.29. The van der Waals surface area contributed by atoms with Crippen LogP contribution in [0.2, 0.25) is 0 Å². The van der Waals surface area contributed by atoms with E-state index in [4.69, 9.17) is 0 Å². The lowest BCUT2D eigenvalue weighted by Crippen LogP contribution is -2.25. The zero-order valence-corrected chi connectivity index (χ0v) is 31.9. The molecular formula is C34H64N4O4S3. The van der Waals surface area contributed by atoms with Gasteiger partial charge in [0.25, 0.3) is 5.91 Å². The number of imide groups is 1. The van der Waals surface area contributed by atoms with E-state index in [-0.39, 0.29) is 28.2 Å². The number of allylic oxidation sites excluding steroid dienone is 1. The van der Waals surface area contributed by atoms with Gasteiger partial charge in [0.2, 0.25) is 11.8 Å².